The van der Waals surface area contributed by atoms with Crippen molar-refractivity contribution in [3.8, 4) is 17.2 Å². The molecular formula is C32H31NO6. The lowest BCUT2D eigenvalue weighted by atomic mass is 9.87. The number of aromatic carboxylic acids is 1. The molecule has 1 saturated heterocycles. The van der Waals surface area contributed by atoms with Gasteiger partial charge in [0.2, 0.25) is 6.29 Å². The summed E-state index contributed by atoms with van der Waals surface area (Å²) in [5, 5.41) is 15.1. The van der Waals surface area contributed by atoms with Crippen molar-refractivity contribution < 1.29 is 28.8 Å². The summed E-state index contributed by atoms with van der Waals surface area (Å²) in [4.78, 5) is 11.2. The third-order valence-corrected chi connectivity index (χ3v) is 7.34. The molecule has 4 aromatic carbocycles. The van der Waals surface area contributed by atoms with E-state index in [1.807, 2.05) is 12.1 Å². The molecule has 0 bridgehead atoms. The first-order valence-corrected chi connectivity index (χ1v) is 13.4. The van der Waals surface area contributed by atoms with Crippen LogP contribution in [-0.4, -0.2) is 43.2 Å². The van der Waals surface area contributed by atoms with E-state index in [1.165, 1.54) is 34.0 Å². The maximum absolute atomic E-state index is 11.2. The number of nitrogens with one attached hydrogen (secondary N) is 1. The molecule has 7 heteroatoms. The monoisotopic (exact) mass is 525 g/mol. The number of benzene rings is 4. The average Bonchev–Trinajstić information content (AvgIpc) is 3.38. The standard InChI is InChI=1S/C32H31NO6/c34-32(35)25-9-12-28-29(18-25)39-31(38-28)14-16-36-26-10-7-23(8-11-26)27-13-15-33-19-30(27)37-20-21-5-6-22-3-1-2-4-24(22)17-21/h1-12,17-18,27,30-31,33H,13-16,19-20H2,(H,34,35). The van der Waals surface area contributed by atoms with Gasteiger partial charge in [-0.3, -0.25) is 0 Å². The number of carboxylic acids is 1. The van der Waals surface area contributed by atoms with Gasteiger partial charge in [-0.1, -0.05) is 48.5 Å². The van der Waals surface area contributed by atoms with Gasteiger partial charge in [-0.25, -0.2) is 4.79 Å². The Balaban J connectivity index is 1.01. The van der Waals surface area contributed by atoms with Crippen LogP contribution in [0.3, 0.4) is 0 Å². The van der Waals surface area contributed by atoms with Crippen LogP contribution < -0.4 is 19.5 Å². The van der Waals surface area contributed by atoms with E-state index in [-0.39, 0.29) is 11.7 Å². The Kier molecular flexibility index (Phi) is 7.34. The van der Waals surface area contributed by atoms with Crippen molar-refractivity contribution in [3.05, 3.63) is 102 Å². The van der Waals surface area contributed by atoms with Gasteiger partial charge in [-0.05, 0) is 71.3 Å². The molecule has 0 saturated carbocycles. The van der Waals surface area contributed by atoms with E-state index in [0.29, 0.717) is 37.1 Å². The highest BCUT2D eigenvalue weighted by molar-refractivity contribution is 5.88. The Morgan fingerprint density at radius 3 is 2.59 bits per heavy atom. The van der Waals surface area contributed by atoms with E-state index in [9.17, 15) is 4.79 Å². The molecule has 2 heterocycles. The SMILES string of the molecule is O=C(O)c1ccc2c(c1)OC(CCOc1ccc(C3CCNCC3OCc3ccc4ccccc4c3)cc1)O2. The summed E-state index contributed by atoms with van der Waals surface area (Å²) in [5.41, 5.74) is 2.60. The van der Waals surface area contributed by atoms with Gasteiger partial charge in [0.15, 0.2) is 11.5 Å². The summed E-state index contributed by atoms with van der Waals surface area (Å²) in [5.74, 6) is 1.10. The topological polar surface area (TPSA) is 86.3 Å². The first-order chi connectivity index (χ1) is 19.1. The van der Waals surface area contributed by atoms with Crippen LogP contribution in [0, 0.1) is 0 Å². The Bertz CT molecular complexity index is 1450. The van der Waals surface area contributed by atoms with Gasteiger partial charge in [-0.15, -0.1) is 0 Å². The predicted molar refractivity (Wildman–Crippen MR) is 148 cm³/mol. The van der Waals surface area contributed by atoms with Gasteiger partial charge in [-0.2, -0.15) is 0 Å². The summed E-state index contributed by atoms with van der Waals surface area (Å²) in [7, 11) is 0. The molecule has 2 N–H and O–H groups in total. The fraction of sp³-hybridized carbons (Fsp3) is 0.281. The van der Waals surface area contributed by atoms with Crippen molar-refractivity contribution in [2.45, 2.75) is 37.8 Å². The van der Waals surface area contributed by atoms with Crippen molar-refractivity contribution in [1.82, 2.24) is 5.32 Å². The van der Waals surface area contributed by atoms with Crippen molar-refractivity contribution >= 4 is 16.7 Å². The fourth-order valence-corrected chi connectivity index (χ4v) is 5.26. The van der Waals surface area contributed by atoms with E-state index in [2.05, 4.69) is 59.9 Å². The highest BCUT2D eigenvalue weighted by atomic mass is 16.7. The van der Waals surface area contributed by atoms with Crippen LogP contribution in [0.15, 0.2) is 84.9 Å². The summed E-state index contributed by atoms with van der Waals surface area (Å²) in [6, 6.07) is 27.8. The minimum absolute atomic E-state index is 0.0944. The molecule has 6 rings (SSSR count). The molecule has 2 aliphatic rings. The Hall–Kier alpha value is -4.07. The second-order valence-corrected chi connectivity index (χ2v) is 9.97. The van der Waals surface area contributed by atoms with Crippen molar-refractivity contribution in [1.29, 1.82) is 0 Å². The second-order valence-electron chi connectivity index (χ2n) is 9.97. The molecule has 0 spiro atoms. The number of carboxylic acid groups (broad SMARTS) is 1. The van der Waals surface area contributed by atoms with Gasteiger partial charge in [0.25, 0.3) is 0 Å². The summed E-state index contributed by atoms with van der Waals surface area (Å²) >= 11 is 0. The highest BCUT2D eigenvalue weighted by Gasteiger charge is 2.28. The molecule has 200 valence electrons. The summed E-state index contributed by atoms with van der Waals surface area (Å²) in [6.45, 7) is 2.79. The van der Waals surface area contributed by atoms with Crippen LogP contribution in [0.25, 0.3) is 10.8 Å². The number of fused-ring (bicyclic) bond motifs is 2. The highest BCUT2D eigenvalue weighted by Crippen LogP contribution is 2.36. The van der Waals surface area contributed by atoms with E-state index in [0.717, 1.165) is 25.3 Å². The molecule has 7 nitrogen and oxygen atoms in total. The average molecular weight is 526 g/mol. The Labute approximate surface area is 227 Å². The number of rotatable bonds is 9. The lowest BCUT2D eigenvalue weighted by Crippen LogP contribution is -2.40. The summed E-state index contributed by atoms with van der Waals surface area (Å²) < 4.78 is 23.9. The van der Waals surface area contributed by atoms with Crippen LogP contribution in [0.4, 0.5) is 0 Å². The van der Waals surface area contributed by atoms with Crippen LogP contribution in [-0.2, 0) is 11.3 Å². The third kappa shape index (κ3) is 5.85. The molecule has 4 aromatic rings. The van der Waals surface area contributed by atoms with Crippen molar-refractivity contribution in [3.63, 3.8) is 0 Å². The second kappa shape index (κ2) is 11.4. The smallest absolute Gasteiger partial charge is 0.335 e. The van der Waals surface area contributed by atoms with Gasteiger partial charge >= 0.3 is 5.97 Å². The quantitative estimate of drug-likeness (QED) is 0.287. The molecule has 1 fully saturated rings. The van der Waals surface area contributed by atoms with Crippen molar-refractivity contribution in [2.75, 3.05) is 19.7 Å². The number of ether oxygens (including phenoxy) is 4. The summed E-state index contributed by atoms with van der Waals surface area (Å²) in [6.07, 6.45) is 1.12. The molecule has 2 aliphatic heterocycles. The zero-order chi connectivity index (χ0) is 26.6. The molecular weight excluding hydrogens is 494 g/mol. The minimum atomic E-state index is -0.996. The van der Waals surface area contributed by atoms with E-state index >= 15 is 0 Å². The maximum Gasteiger partial charge on any atom is 0.335 e. The van der Waals surface area contributed by atoms with Crippen LogP contribution in [0.1, 0.15) is 40.2 Å². The molecule has 3 atom stereocenters. The van der Waals surface area contributed by atoms with E-state index in [1.54, 1.807) is 6.07 Å². The zero-order valence-electron chi connectivity index (χ0n) is 21.5. The Morgan fingerprint density at radius 1 is 0.923 bits per heavy atom. The van der Waals surface area contributed by atoms with Gasteiger partial charge < -0.3 is 29.4 Å². The molecule has 39 heavy (non-hydrogen) atoms. The fourth-order valence-electron chi connectivity index (χ4n) is 5.26. The van der Waals surface area contributed by atoms with Crippen LogP contribution >= 0.6 is 0 Å². The van der Waals surface area contributed by atoms with Crippen molar-refractivity contribution in [2.24, 2.45) is 0 Å². The minimum Gasteiger partial charge on any atom is -0.493 e. The third-order valence-electron chi connectivity index (χ3n) is 7.34. The first kappa shape index (κ1) is 25.2. The number of carbonyl (C=O) groups is 1. The van der Waals surface area contributed by atoms with Gasteiger partial charge in [0.1, 0.15) is 5.75 Å². The first-order valence-electron chi connectivity index (χ1n) is 13.4. The molecule has 0 aliphatic carbocycles. The van der Waals surface area contributed by atoms with Gasteiger partial charge in [0, 0.05) is 12.5 Å². The normalized spacial score (nSPS) is 20.2. The number of piperidine rings is 1. The largest absolute Gasteiger partial charge is 0.493 e. The van der Waals surface area contributed by atoms with Crippen LogP contribution in [0.5, 0.6) is 17.2 Å². The lowest BCUT2D eigenvalue weighted by molar-refractivity contribution is 0.0106. The van der Waals surface area contributed by atoms with Crippen LogP contribution in [0.2, 0.25) is 0 Å². The molecule has 0 aromatic heterocycles. The van der Waals surface area contributed by atoms with E-state index in [4.69, 9.17) is 24.1 Å². The maximum atomic E-state index is 11.2. The number of hydrogen-bond acceptors (Lipinski definition) is 6. The zero-order valence-corrected chi connectivity index (χ0v) is 21.5. The number of hydrogen-bond donors (Lipinski definition) is 2. The van der Waals surface area contributed by atoms with Gasteiger partial charge in [0.05, 0.1) is 31.3 Å². The molecule has 0 amide bonds. The molecule has 0 radical (unpaired) electrons. The predicted octanol–water partition coefficient (Wildman–Crippen LogP) is 5.77. The lowest BCUT2D eigenvalue weighted by Gasteiger charge is -2.32. The van der Waals surface area contributed by atoms with E-state index < -0.39 is 12.3 Å². The Morgan fingerprint density at radius 2 is 1.74 bits per heavy atom. The molecule has 3 unspecified atom stereocenters.